The Kier molecular flexibility index (Phi) is 7.21. The van der Waals surface area contributed by atoms with E-state index in [0.717, 1.165) is 16.5 Å². The molecule has 2 atom stereocenters. The van der Waals surface area contributed by atoms with E-state index in [2.05, 4.69) is 25.3 Å². The molecule has 5 rings (SSSR count). The standard InChI is InChI=1S/C26H26F2N6O2S2/c1-25(14-35-3)13-26(2,34-24(29)38-25)18-9-16(10-19(27)21(18)28)33-23-22-15(4-5-31-23)8-17(11-32-22)36-12-20-30-6-7-37-20/h4-11H,12-14H2,1-3H3,(H2,29,34)(H,31,33)/t25-,26+/m1/s1. The van der Waals surface area contributed by atoms with E-state index < -0.39 is 21.9 Å². The first-order valence-electron chi connectivity index (χ1n) is 11.7. The normalized spacial score (nSPS) is 21.3. The number of nitrogens with one attached hydrogen (secondary N) is 1. The minimum atomic E-state index is -1.10. The number of rotatable bonds is 8. The van der Waals surface area contributed by atoms with Gasteiger partial charge in [-0.3, -0.25) is 4.99 Å². The fraction of sp³-hybridized carbons (Fsp3) is 0.308. The lowest BCUT2D eigenvalue weighted by molar-refractivity contribution is 0.157. The van der Waals surface area contributed by atoms with Crippen molar-refractivity contribution in [2.75, 3.05) is 19.0 Å². The van der Waals surface area contributed by atoms with Crippen LogP contribution in [-0.4, -0.2) is 38.6 Å². The number of thiazole rings is 1. The van der Waals surface area contributed by atoms with E-state index in [1.54, 1.807) is 44.8 Å². The molecule has 4 heterocycles. The maximum absolute atomic E-state index is 15.2. The molecule has 0 amide bonds. The lowest BCUT2D eigenvalue weighted by atomic mass is 9.83. The van der Waals surface area contributed by atoms with E-state index in [9.17, 15) is 4.39 Å². The number of aromatic nitrogens is 3. The van der Waals surface area contributed by atoms with E-state index >= 15 is 4.39 Å². The second-order valence-electron chi connectivity index (χ2n) is 9.45. The third-order valence-corrected chi connectivity index (χ3v) is 7.98. The molecule has 3 N–H and O–H groups in total. The van der Waals surface area contributed by atoms with Crippen LogP contribution in [0.4, 0.5) is 20.3 Å². The van der Waals surface area contributed by atoms with Crippen LogP contribution in [0.2, 0.25) is 0 Å². The highest BCUT2D eigenvalue weighted by Gasteiger charge is 2.44. The predicted octanol–water partition coefficient (Wildman–Crippen LogP) is 5.76. The van der Waals surface area contributed by atoms with Crippen LogP contribution in [-0.2, 0) is 16.9 Å². The maximum Gasteiger partial charge on any atom is 0.164 e. The van der Waals surface area contributed by atoms with Gasteiger partial charge in [-0.15, -0.1) is 11.3 Å². The smallest absolute Gasteiger partial charge is 0.164 e. The Hall–Kier alpha value is -3.35. The van der Waals surface area contributed by atoms with Crippen LogP contribution in [0.1, 0.15) is 30.8 Å². The summed E-state index contributed by atoms with van der Waals surface area (Å²) in [6, 6.07) is 6.28. The molecule has 0 fully saturated rings. The summed E-state index contributed by atoms with van der Waals surface area (Å²) in [6.07, 6.45) is 5.33. The number of ether oxygens (including phenoxy) is 2. The molecule has 0 bridgehead atoms. The first kappa shape index (κ1) is 26.3. The van der Waals surface area contributed by atoms with Gasteiger partial charge in [0, 0.05) is 52.3 Å². The number of hydrogen-bond donors (Lipinski definition) is 2. The summed E-state index contributed by atoms with van der Waals surface area (Å²) >= 11 is 2.88. The van der Waals surface area contributed by atoms with Gasteiger partial charge in [-0.1, -0.05) is 11.8 Å². The van der Waals surface area contributed by atoms with Gasteiger partial charge >= 0.3 is 0 Å². The summed E-state index contributed by atoms with van der Waals surface area (Å²) < 4.78 is 40.8. The molecule has 0 unspecified atom stereocenters. The Morgan fingerprint density at radius 3 is 2.74 bits per heavy atom. The van der Waals surface area contributed by atoms with Crippen LogP contribution in [0.15, 0.2) is 53.2 Å². The Morgan fingerprint density at radius 1 is 1.13 bits per heavy atom. The van der Waals surface area contributed by atoms with Gasteiger partial charge in [0.05, 0.1) is 18.3 Å². The van der Waals surface area contributed by atoms with Gasteiger partial charge in [-0.25, -0.2) is 23.7 Å². The van der Waals surface area contributed by atoms with Crippen molar-refractivity contribution in [1.29, 1.82) is 0 Å². The van der Waals surface area contributed by atoms with Gasteiger partial charge in [0.25, 0.3) is 0 Å². The summed E-state index contributed by atoms with van der Waals surface area (Å²) in [5.41, 5.74) is 5.98. The number of nitrogens with zero attached hydrogens (tertiary/aromatic N) is 4. The number of anilines is 2. The van der Waals surface area contributed by atoms with E-state index in [1.165, 1.54) is 23.1 Å². The largest absolute Gasteiger partial charge is 0.485 e. The Bertz CT molecular complexity index is 1500. The molecular weight excluding hydrogens is 530 g/mol. The number of fused-ring (bicyclic) bond motifs is 1. The van der Waals surface area contributed by atoms with Crippen LogP contribution >= 0.6 is 23.1 Å². The summed E-state index contributed by atoms with van der Waals surface area (Å²) in [5.74, 6) is -0.995. The second-order valence-corrected chi connectivity index (χ2v) is 12.0. The first-order chi connectivity index (χ1) is 18.2. The average molecular weight is 557 g/mol. The average Bonchev–Trinajstić information content (AvgIpc) is 3.38. The maximum atomic E-state index is 15.2. The molecule has 0 saturated heterocycles. The number of thioether (sulfide) groups is 1. The highest BCUT2D eigenvalue weighted by Crippen LogP contribution is 2.46. The first-order valence-corrected chi connectivity index (χ1v) is 13.4. The molecule has 3 aromatic heterocycles. The predicted molar refractivity (Wildman–Crippen MR) is 147 cm³/mol. The zero-order chi connectivity index (χ0) is 26.9. The number of halogens is 2. The van der Waals surface area contributed by atoms with Gasteiger partial charge < -0.3 is 20.5 Å². The van der Waals surface area contributed by atoms with Crippen molar-refractivity contribution >= 4 is 50.7 Å². The van der Waals surface area contributed by atoms with Gasteiger partial charge in [0.1, 0.15) is 22.9 Å². The summed E-state index contributed by atoms with van der Waals surface area (Å²) in [6.45, 7) is 4.44. The van der Waals surface area contributed by atoms with Crippen LogP contribution in [0.5, 0.6) is 5.75 Å². The van der Waals surface area contributed by atoms with Crippen LogP contribution < -0.4 is 15.8 Å². The zero-order valence-electron chi connectivity index (χ0n) is 21.0. The van der Waals surface area contributed by atoms with Gasteiger partial charge in [0.2, 0.25) is 0 Å². The van der Waals surface area contributed by atoms with Gasteiger partial charge in [0.15, 0.2) is 22.6 Å². The van der Waals surface area contributed by atoms with Gasteiger partial charge in [-0.2, -0.15) is 0 Å². The minimum absolute atomic E-state index is 0.0941. The zero-order valence-corrected chi connectivity index (χ0v) is 22.6. The third-order valence-electron chi connectivity index (χ3n) is 6.17. The number of nitrogens with two attached hydrogens (primary N) is 1. The molecule has 12 heteroatoms. The molecule has 198 valence electrons. The molecule has 38 heavy (non-hydrogen) atoms. The highest BCUT2D eigenvalue weighted by molar-refractivity contribution is 8.15. The van der Waals surface area contributed by atoms with Crippen molar-refractivity contribution < 1.29 is 18.3 Å². The van der Waals surface area contributed by atoms with Gasteiger partial charge in [-0.05, 0) is 38.5 Å². The third kappa shape index (κ3) is 5.42. The molecule has 0 saturated carbocycles. The van der Waals surface area contributed by atoms with Crippen LogP contribution in [0.3, 0.4) is 0 Å². The Morgan fingerprint density at radius 2 is 1.97 bits per heavy atom. The molecule has 0 spiro atoms. The Balaban J connectivity index is 1.45. The van der Waals surface area contributed by atoms with Crippen molar-refractivity contribution in [1.82, 2.24) is 15.0 Å². The lowest BCUT2D eigenvalue weighted by Crippen LogP contribution is -2.43. The molecule has 4 aromatic rings. The second kappa shape index (κ2) is 10.4. The summed E-state index contributed by atoms with van der Waals surface area (Å²) in [4.78, 5) is 17.6. The number of benzene rings is 1. The van der Waals surface area contributed by atoms with E-state index in [1.807, 2.05) is 18.4 Å². The Labute approximate surface area is 226 Å². The molecule has 1 aromatic carbocycles. The topological polar surface area (TPSA) is 108 Å². The van der Waals surface area contributed by atoms with E-state index in [0.29, 0.717) is 47.6 Å². The SMILES string of the molecule is COC[C@@]1(C)C[C@@](C)(c2cc(Nc3nccc4cc(OCc5nccs5)cnc34)cc(F)c2F)N=C(N)S1. The van der Waals surface area contributed by atoms with Crippen molar-refractivity contribution in [3.63, 3.8) is 0 Å². The monoisotopic (exact) mass is 556 g/mol. The quantitative estimate of drug-likeness (QED) is 0.282. The molecule has 1 aliphatic heterocycles. The number of pyridine rings is 2. The number of hydrogen-bond acceptors (Lipinski definition) is 10. The number of aliphatic imine (C=N–C) groups is 1. The van der Waals surface area contributed by atoms with E-state index in [-0.39, 0.29) is 5.56 Å². The minimum Gasteiger partial charge on any atom is -0.485 e. The van der Waals surface area contributed by atoms with Crippen molar-refractivity contribution in [2.24, 2.45) is 10.7 Å². The molecule has 8 nitrogen and oxygen atoms in total. The van der Waals surface area contributed by atoms with Crippen molar-refractivity contribution in [2.45, 2.75) is 37.2 Å². The number of amidine groups is 1. The highest BCUT2D eigenvalue weighted by atomic mass is 32.2. The molecule has 0 radical (unpaired) electrons. The summed E-state index contributed by atoms with van der Waals surface area (Å²) in [5, 5.41) is 6.91. The fourth-order valence-corrected chi connectivity index (χ4v) is 6.54. The van der Waals surface area contributed by atoms with Crippen molar-refractivity contribution in [3.05, 3.63) is 70.4 Å². The van der Waals surface area contributed by atoms with Crippen LogP contribution in [0.25, 0.3) is 10.9 Å². The number of methoxy groups -OCH3 is 1. The van der Waals surface area contributed by atoms with Crippen molar-refractivity contribution in [3.8, 4) is 5.75 Å². The molecule has 0 aliphatic carbocycles. The van der Waals surface area contributed by atoms with E-state index in [4.69, 9.17) is 15.2 Å². The molecule has 1 aliphatic rings. The van der Waals surface area contributed by atoms with Crippen LogP contribution in [0, 0.1) is 11.6 Å². The molecular formula is C26H26F2N6O2S2. The summed E-state index contributed by atoms with van der Waals surface area (Å²) in [7, 11) is 1.59. The lowest BCUT2D eigenvalue weighted by Gasteiger charge is -2.41. The fourth-order valence-electron chi connectivity index (χ4n) is 4.73.